The summed E-state index contributed by atoms with van der Waals surface area (Å²) in [6.45, 7) is 0. The van der Waals surface area contributed by atoms with E-state index >= 15 is 0 Å². The van der Waals surface area contributed by atoms with Gasteiger partial charge in [0.1, 0.15) is 9.65 Å². The van der Waals surface area contributed by atoms with Crippen LogP contribution >= 0.6 is 31.9 Å². The second-order valence-corrected chi connectivity index (χ2v) is 4.40. The zero-order valence-corrected chi connectivity index (χ0v) is 9.21. The first-order chi connectivity index (χ1) is 5.45. The summed E-state index contributed by atoms with van der Waals surface area (Å²) in [5.41, 5.74) is 0. The second kappa shape index (κ2) is 5.53. The molecule has 0 spiro atoms. The molecule has 70 valence electrons. The van der Waals surface area contributed by atoms with Gasteiger partial charge in [0.2, 0.25) is 0 Å². The summed E-state index contributed by atoms with van der Waals surface area (Å²) < 4.78 is 0. The molecule has 0 aromatic carbocycles. The first-order valence-electron chi connectivity index (χ1n) is 3.19. The van der Waals surface area contributed by atoms with Crippen LogP contribution in [0.3, 0.4) is 0 Å². The fraction of sp³-hybridized carbons (Fsp3) is 0.667. The Morgan fingerprint density at radius 2 is 1.25 bits per heavy atom. The molecule has 0 aromatic rings. The molecular weight excluding hydrogens is 296 g/mol. The van der Waals surface area contributed by atoms with Crippen molar-refractivity contribution in [1.82, 2.24) is 0 Å². The van der Waals surface area contributed by atoms with Gasteiger partial charge < -0.3 is 10.2 Å². The number of carboxylic acids is 2. The highest BCUT2D eigenvalue weighted by Crippen LogP contribution is 2.14. The minimum atomic E-state index is -0.972. The first kappa shape index (κ1) is 11.9. The zero-order chi connectivity index (χ0) is 9.72. The molecule has 0 saturated heterocycles. The van der Waals surface area contributed by atoms with E-state index in [4.69, 9.17) is 10.2 Å². The number of hydrogen-bond acceptors (Lipinski definition) is 2. The Bertz CT molecular complexity index is 162. The van der Waals surface area contributed by atoms with Crippen LogP contribution in [-0.4, -0.2) is 31.8 Å². The fourth-order valence-corrected chi connectivity index (χ4v) is 1.07. The average molecular weight is 304 g/mol. The van der Waals surface area contributed by atoms with Crippen LogP contribution in [0.5, 0.6) is 0 Å². The topological polar surface area (TPSA) is 74.6 Å². The van der Waals surface area contributed by atoms with Gasteiger partial charge in [-0.1, -0.05) is 31.9 Å². The minimum Gasteiger partial charge on any atom is -0.480 e. The smallest absolute Gasteiger partial charge is 0.317 e. The molecule has 0 aliphatic rings. The maximum atomic E-state index is 10.3. The van der Waals surface area contributed by atoms with Crippen molar-refractivity contribution in [2.75, 3.05) is 0 Å². The SMILES string of the molecule is O=C(O)[C@H](Br)CC[C@@H](Br)C(=O)O. The van der Waals surface area contributed by atoms with Gasteiger partial charge in [-0.25, -0.2) is 0 Å². The van der Waals surface area contributed by atoms with Gasteiger partial charge in [0.05, 0.1) is 0 Å². The van der Waals surface area contributed by atoms with Crippen LogP contribution in [-0.2, 0) is 9.59 Å². The first-order valence-corrected chi connectivity index (χ1v) is 5.02. The van der Waals surface area contributed by atoms with E-state index < -0.39 is 21.6 Å². The van der Waals surface area contributed by atoms with Gasteiger partial charge in [-0.3, -0.25) is 9.59 Å². The molecule has 0 saturated carbocycles. The van der Waals surface area contributed by atoms with Crippen molar-refractivity contribution in [3.05, 3.63) is 0 Å². The van der Waals surface area contributed by atoms with Crippen molar-refractivity contribution < 1.29 is 19.8 Å². The lowest BCUT2D eigenvalue weighted by atomic mass is 10.2. The Kier molecular flexibility index (Phi) is 5.48. The Labute approximate surface area is 86.2 Å². The van der Waals surface area contributed by atoms with Gasteiger partial charge in [0.15, 0.2) is 0 Å². The quantitative estimate of drug-likeness (QED) is 0.754. The van der Waals surface area contributed by atoms with Crippen LogP contribution in [0, 0.1) is 0 Å². The molecule has 0 heterocycles. The summed E-state index contributed by atoms with van der Waals surface area (Å²) in [6, 6.07) is 0. The van der Waals surface area contributed by atoms with Gasteiger partial charge in [0, 0.05) is 0 Å². The summed E-state index contributed by atoms with van der Waals surface area (Å²) in [4.78, 5) is 19.2. The van der Waals surface area contributed by atoms with Crippen LogP contribution in [0.1, 0.15) is 12.8 Å². The summed E-state index contributed by atoms with van der Waals surface area (Å²) >= 11 is 5.81. The van der Waals surface area contributed by atoms with Crippen molar-refractivity contribution in [1.29, 1.82) is 0 Å². The molecule has 0 fully saturated rings. The maximum Gasteiger partial charge on any atom is 0.317 e. The molecule has 0 aliphatic heterocycles. The Balaban J connectivity index is 3.68. The van der Waals surface area contributed by atoms with Crippen LogP contribution in [0.25, 0.3) is 0 Å². The standard InChI is InChI=1S/C6H8Br2O4/c7-3(5(9)10)1-2-4(8)6(11)12/h3-4H,1-2H2,(H,9,10)(H,11,12)/t3-,4-/m1/s1. The van der Waals surface area contributed by atoms with E-state index in [9.17, 15) is 9.59 Å². The number of alkyl halides is 2. The third-order valence-electron chi connectivity index (χ3n) is 1.21. The lowest BCUT2D eigenvalue weighted by Gasteiger charge is -2.05. The van der Waals surface area contributed by atoms with Crippen LogP contribution in [0.15, 0.2) is 0 Å². The van der Waals surface area contributed by atoms with Gasteiger partial charge in [-0.05, 0) is 12.8 Å². The predicted octanol–water partition coefficient (Wildman–Crippen LogP) is 1.46. The lowest BCUT2D eigenvalue weighted by Crippen LogP contribution is -2.18. The molecule has 2 atom stereocenters. The molecule has 0 rings (SSSR count). The maximum absolute atomic E-state index is 10.3. The van der Waals surface area contributed by atoms with Crippen molar-refractivity contribution in [2.45, 2.75) is 22.5 Å². The monoisotopic (exact) mass is 302 g/mol. The van der Waals surface area contributed by atoms with E-state index in [1.807, 2.05) is 0 Å². The van der Waals surface area contributed by atoms with Crippen LogP contribution < -0.4 is 0 Å². The summed E-state index contributed by atoms with van der Waals surface area (Å²) in [7, 11) is 0. The highest BCUT2D eigenvalue weighted by molar-refractivity contribution is 9.10. The third kappa shape index (κ3) is 4.71. The highest BCUT2D eigenvalue weighted by atomic mass is 79.9. The summed E-state index contributed by atoms with van der Waals surface area (Å²) in [6.07, 6.45) is 0.578. The Hall–Kier alpha value is -0.100. The van der Waals surface area contributed by atoms with Gasteiger partial charge in [0.25, 0.3) is 0 Å². The van der Waals surface area contributed by atoms with E-state index in [2.05, 4.69) is 31.9 Å². The molecule has 0 unspecified atom stereocenters. The largest absolute Gasteiger partial charge is 0.480 e. The van der Waals surface area contributed by atoms with Gasteiger partial charge in [-0.2, -0.15) is 0 Å². The second-order valence-electron chi connectivity index (χ2n) is 2.19. The van der Waals surface area contributed by atoms with E-state index in [1.165, 1.54) is 0 Å². The number of carbonyl (C=O) groups is 2. The van der Waals surface area contributed by atoms with Crippen LogP contribution in [0.2, 0.25) is 0 Å². The molecule has 4 nitrogen and oxygen atoms in total. The third-order valence-corrected chi connectivity index (χ3v) is 2.91. The molecular formula is C6H8Br2O4. The van der Waals surface area contributed by atoms with E-state index in [0.29, 0.717) is 0 Å². The van der Waals surface area contributed by atoms with Crippen molar-refractivity contribution in [3.8, 4) is 0 Å². The van der Waals surface area contributed by atoms with Gasteiger partial charge in [-0.15, -0.1) is 0 Å². The molecule has 0 radical (unpaired) electrons. The lowest BCUT2D eigenvalue weighted by molar-refractivity contribution is -0.138. The van der Waals surface area contributed by atoms with E-state index in [-0.39, 0.29) is 12.8 Å². The fourth-order valence-electron chi connectivity index (χ4n) is 0.540. The molecule has 0 bridgehead atoms. The Morgan fingerprint density at radius 3 is 1.42 bits per heavy atom. The number of halogens is 2. The van der Waals surface area contributed by atoms with Crippen LogP contribution in [0.4, 0.5) is 0 Å². The summed E-state index contributed by atoms with van der Waals surface area (Å²) in [5, 5.41) is 16.8. The van der Waals surface area contributed by atoms with Gasteiger partial charge >= 0.3 is 11.9 Å². The molecule has 2 N–H and O–H groups in total. The normalized spacial score (nSPS) is 15.2. The molecule has 0 amide bonds. The number of aliphatic carboxylic acids is 2. The highest BCUT2D eigenvalue weighted by Gasteiger charge is 2.18. The summed E-state index contributed by atoms with van der Waals surface area (Å²) in [5.74, 6) is -1.94. The predicted molar refractivity (Wildman–Crippen MR) is 49.9 cm³/mol. The molecule has 12 heavy (non-hydrogen) atoms. The van der Waals surface area contributed by atoms with Crippen molar-refractivity contribution in [2.24, 2.45) is 0 Å². The number of hydrogen-bond donors (Lipinski definition) is 2. The van der Waals surface area contributed by atoms with E-state index in [1.54, 1.807) is 0 Å². The number of rotatable bonds is 5. The number of carboxylic acid groups (broad SMARTS) is 2. The Morgan fingerprint density at radius 1 is 1.00 bits per heavy atom. The minimum absolute atomic E-state index is 0.289. The molecule has 0 aromatic heterocycles. The van der Waals surface area contributed by atoms with Crippen molar-refractivity contribution >= 4 is 43.8 Å². The molecule has 6 heteroatoms. The average Bonchev–Trinajstić information content (AvgIpc) is 1.98. The van der Waals surface area contributed by atoms with Crippen molar-refractivity contribution in [3.63, 3.8) is 0 Å². The van der Waals surface area contributed by atoms with E-state index in [0.717, 1.165) is 0 Å². The zero-order valence-electron chi connectivity index (χ0n) is 6.04. The molecule has 0 aliphatic carbocycles.